The molecule has 0 aliphatic carbocycles. The fourth-order valence-corrected chi connectivity index (χ4v) is 4.67. The minimum absolute atomic E-state index is 0.00967. The Hall–Kier alpha value is -2.11. The number of aryl methyl sites for hydroxylation is 1. The smallest absolute Gasteiger partial charge is 0.277 e. The number of anilines is 1. The molecule has 1 amide bonds. The molecule has 0 saturated carbocycles. The first-order chi connectivity index (χ1) is 12.2. The molecular formula is C20H18N2OS2. The fraction of sp³-hybridized carbons (Fsp3) is 0.200. The van der Waals surface area contributed by atoms with Gasteiger partial charge in [-0.1, -0.05) is 42.0 Å². The minimum Gasteiger partial charge on any atom is -0.306 e. The highest BCUT2D eigenvalue weighted by Crippen LogP contribution is 2.34. The number of thiazole rings is 1. The summed E-state index contributed by atoms with van der Waals surface area (Å²) in [6.45, 7) is 2.80. The van der Waals surface area contributed by atoms with Crippen molar-refractivity contribution in [2.75, 3.05) is 17.2 Å². The summed E-state index contributed by atoms with van der Waals surface area (Å²) < 4.78 is 0. The molecule has 0 saturated heterocycles. The van der Waals surface area contributed by atoms with Crippen LogP contribution in [0.4, 0.5) is 5.69 Å². The van der Waals surface area contributed by atoms with Gasteiger partial charge in [0.05, 0.1) is 5.69 Å². The summed E-state index contributed by atoms with van der Waals surface area (Å²) in [6, 6.07) is 16.4. The van der Waals surface area contributed by atoms with Crippen molar-refractivity contribution in [3.63, 3.8) is 0 Å². The summed E-state index contributed by atoms with van der Waals surface area (Å²) in [4.78, 5) is 20.7. The molecular weight excluding hydrogens is 348 g/mol. The molecule has 0 radical (unpaired) electrons. The first-order valence-electron chi connectivity index (χ1n) is 8.28. The van der Waals surface area contributed by atoms with Gasteiger partial charge in [0.1, 0.15) is 10.7 Å². The monoisotopic (exact) mass is 366 g/mol. The highest BCUT2D eigenvalue weighted by atomic mass is 32.2. The lowest BCUT2D eigenvalue weighted by Crippen LogP contribution is -2.32. The van der Waals surface area contributed by atoms with E-state index in [0.717, 1.165) is 35.0 Å². The average molecular weight is 367 g/mol. The van der Waals surface area contributed by atoms with E-state index in [4.69, 9.17) is 0 Å². The molecule has 2 heterocycles. The predicted molar refractivity (Wildman–Crippen MR) is 106 cm³/mol. The summed E-state index contributed by atoms with van der Waals surface area (Å²) in [5.41, 5.74) is 3.80. The number of rotatable bonds is 2. The molecule has 0 fully saturated rings. The third-order valence-electron chi connectivity index (χ3n) is 4.21. The molecule has 5 heteroatoms. The number of carbonyl (C=O) groups is 1. The van der Waals surface area contributed by atoms with Crippen molar-refractivity contribution >= 4 is 34.7 Å². The molecule has 0 unspecified atom stereocenters. The molecule has 126 valence electrons. The van der Waals surface area contributed by atoms with E-state index in [2.05, 4.69) is 42.2 Å². The third kappa shape index (κ3) is 3.34. The van der Waals surface area contributed by atoms with Gasteiger partial charge >= 0.3 is 0 Å². The van der Waals surface area contributed by atoms with Crippen LogP contribution in [0.2, 0.25) is 0 Å². The van der Waals surface area contributed by atoms with Crippen LogP contribution in [0.25, 0.3) is 10.6 Å². The van der Waals surface area contributed by atoms with E-state index in [0.29, 0.717) is 5.69 Å². The van der Waals surface area contributed by atoms with Gasteiger partial charge in [-0.05, 0) is 31.2 Å². The summed E-state index contributed by atoms with van der Waals surface area (Å²) in [7, 11) is 0. The van der Waals surface area contributed by atoms with E-state index in [9.17, 15) is 4.79 Å². The Balaban J connectivity index is 1.64. The summed E-state index contributed by atoms with van der Waals surface area (Å²) in [5, 5.41) is 2.76. The number of hydrogen-bond donors (Lipinski definition) is 0. The van der Waals surface area contributed by atoms with Crippen LogP contribution >= 0.6 is 23.1 Å². The second-order valence-corrected chi connectivity index (χ2v) is 8.03. The maximum atomic E-state index is 13.1. The lowest BCUT2D eigenvalue weighted by Gasteiger charge is -2.21. The molecule has 1 aliphatic rings. The van der Waals surface area contributed by atoms with Gasteiger partial charge in [0.25, 0.3) is 5.91 Å². The van der Waals surface area contributed by atoms with Crippen molar-refractivity contribution in [1.29, 1.82) is 0 Å². The van der Waals surface area contributed by atoms with Gasteiger partial charge in [0, 0.05) is 22.4 Å². The standard InChI is InChI=1S/C20H18N2OS2/c1-14-7-9-15(10-8-14)19-21-16(13-25-19)20(23)22-11-4-12-24-18-6-3-2-5-17(18)22/h2-3,5-10,13H,4,11-12H2,1H3. The van der Waals surface area contributed by atoms with Gasteiger partial charge in [0.15, 0.2) is 0 Å². The number of aromatic nitrogens is 1. The third-order valence-corrected chi connectivity index (χ3v) is 6.25. The maximum Gasteiger partial charge on any atom is 0.277 e. The molecule has 3 nitrogen and oxygen atoms in total. The van der Waals surface area contributed by atoms with Crippen molar-refractivity contribution in [3.05, 3.63) is 65.2 Å². The van der Waals surface area contributed by atoms with Crippen molar-refractivity contribution in [2.24, 2.45) is 0 Å². The van der Waals surface area contributed by atoms with Crippen LogP contribution in [0.1, 0.15) is 22.5 Å². The predicted octanol–water partition coefficient (Wildman–Crippen LogP) is 5.26. The SMILES string of the molecule is Cc1ccc(-c2nc(C(=O)N3CCCSc4ccccc43)cs2)cc1. The zero-order valence-corrected chi connectivity index (χ0v) is 15.6. The van der Waals surface area contributed by atoms with Crippen LogP contribution < -0.4 is 4.90 Å². The minimum atomic E-state index is -0.00967. The first-order valence-corrected chi connectivity index (χ1v) is 10.2. The number of hydrogen-bond acceptors (Lipinski definition) is 4. The second kappa shape index (κ2) is 7.02. The number of thioether (sulfide) groups is 1. The Bertz CT molecular complexity index is 902. The Morgan fingerprint density at radius 2 is 1.92 bits per heavy atom. The number of nitrogens with zero attached hydrogens (tertiary/aromatic N) is 2. The van der Waals surface area contributed by atoms with Crippen LogP contribution in [0.15, 0.2) is 58.8 Å². The highest BCUT2D eigenvalue weighted by Gasteiger charge is 2.24. The van der Waals surface area contributed by atoms with Gasteiger partial charge in [-0.3, -0.25) is 4.79 Å². The largest absolute Gasteiger partial charge is 0.306 e. The second-order valence-electron chi connectivity index (χ2n) is 6.03. The number of carbonyl (C=O) groups excluding carboxylic acids is 1. The molecule has 0 bridgehead atoms. The highest BCUT2D eigenvalue weighted by molar-refractivity contribution is 7.99. The van der Waals surface area contributed by atoms with Crippen LogP contribution in [0.3, 0.4) is 0 Å². The van der Waals surface area contributed by atoms with Crippen LogP contribution in [0, 0.1) is 6.92 Å². The summed E-state index contributed by atoms with van der Waals surface area (Å²) in [5.74, 6) is 1.02. The molecule has 0 atom stereocenters. The summed E-state index contributed by atoms with van der Waals surface area (Å²) in [6.07, 6.45) is 0.986. The van der Waals surface area contributed by atoms with Crippen LogP contribution in [-0.4, -0.2) is 23.2 Å². The topological polar surface area (TPSA) is 33.2 Å². The normalized spacial score (nSPS) is 14.0. The zero-order chi connectivity index (χ0) is 17.2. The Kier molecular flexibility index (Phi) is 4.59. The molecule has 1 aliphatic heterocycles. The Labute approximate surface area is 155 Å². The fourth-order valence-electron chi connectivity index (χ4n) is 2.88. The van der Waals surface area contributed by atoms with E-state index in [1.807, 2.05) is 40.2 Å². The molecule has 0 spiro atoms. The van der Waals surface area contributed by atoms with Gasteiger partial charge < -0.3 is 4.90 Å². The van der Waals surface area contributed by atoms with E-state index >= 15 is 0 Å². The quantitative estimate of drug-likeness (QED) is 0.620. The molecule has 0 N–H and O–H groups in total. The molecule has 1 aromatic heterocycles. The maximum absolute atomic E-state index is 13.1. The van der Waals surface area contributed by atoms with Gasteiger partial charge in [-0.25, -0.2) is 4.98 Å². The number of amides is 1. The van der Waals surface area contributed by atoms with E-state index < -0.39 is 0 Å². The Morgan fingerprint density at radius 3 is 2.76 bits per heavy atom. The van der Waals surface area contributed by atoms with E-state index in [1.165, 1.54) is 21.8 Å². The zero-order valence-electron chi connectivity index (χ0n) is 13.9. The first kappa shape index (κ1) is 16.4. The molecule has 25 heavy (non-hydrogen) atoms. The molecule has 2 aromatic carbocycles. The number of para-hydroxylation sites is 1. The Morgan fingerprint density at radius 1 is 1.12 bits per heavy atom. The van der Waals surface area contributed by atoms with E-state index in [1.54, 1.807) is 0 Å². The lowest BCUT2D eigenvalue weighted by atomic mass is 10.2. The number of fused-ring (bicyclic) bond motifs is 1. The summed E-state index contributed by atoms with van der Waals surface area (Å²) >= 11 is 3.34. The van der Waals surface area contributed by atoms with Crippen molar-refractivity contribution < 1.29 is 4.79 Å². The van der Waals surface area contributed by atoms with E-state index in [-0.39, 0.29) is 5.91 Å². The molecule has 4 rings (SSSR count). The van der Waals surface area contributed by atoms with Crippen molar-refractivity contribution in [1.82, 2.24) is 4.98 Å². The molecule has 3 aromatic rings. The van der Waals surface area contributed by atoms with Crippen molar-refractivity contribution in [2.45, 2.75) is 18.2 Å². The van der Waals surface area contributed by atoms with Crippen molar-refractivity contribution in [3.8, 4) is 10.6 Å². The number of benzene rings is 2. The average Bonchev–Trinajstić information content (AvgIpc) is 3.03. The van der Waals surface area contributed by atoms with Crippen LogP contribution in [-0.2, 0) is 0 Å². The van der Waals surface area contributed by atoms with Gasteiger partial charge in [-0.2, -0.15) is 0 Å². The van der Waals surface area contributed by atoms with Crippen LogP contribution in [0.5, 0.6) is 0 Å². The van der Waals surface area contributed by atoms with Gasteiger partial charge in [0.2, 0.25) is 0 Å². The lowest BCUT2D eigenvalue weighted by molar-refractivity contribution is 0.0982. The van der Waals surface area contributed by atoms with Gasteiger partial charge in [-0.15, -0.1) is 23.1 Å².